The number of aliphatic carboxylic acids is 1. The van der Waals surface area contributed by atoms with Crippen molar-refractivity contribution < 1.29 is 19.1 Å². The van der Waals surface area contributed by atoms with Gasteiger partial charge in [-0.25, -0.2) is 4.39 Å². The lowest BCUT2D eigenvalue weighted by molar-refractivity contribution is -0.139. The first-order chi connectivity index (χ1) is 10.4. The average molecular weight is 329 g/mol. The number of hydrogen-bond donors (Lipinski definition) is 2. The fraction of sp³-hybridized carbons (Fsp3) is 0.467. The maximum absolute atomic E-state index is 13.1. The van der Waals surface area contributed by atoms with Crippen LogP contribution in [0.15, 0.2) is 18.2 Å². The van der Waals surface area contributed by atoms with Gasteiger partial charge in [-0.15, -0.1) is 0 Å². The summed E-state index contributed by atoms with van der Waals surface area (Å²) in [4.78, 5) is 24.7. The zero-order valence-corrected chi connectivity index (χ0v) is 12.9. The van der Waals surface area contributed by atoms with E-state index >= 15 is 0 Å². The molecule has 1 aliphatic rings. The van der Waals surface area contributed by atoms with Crippen LogP contribution in [0.4, 0.5) is 4.39 Å². The van der Waals surface area contributed by atoms with Crippen molar-refractivity contribution in [1.82, 2.24) is 10.2 Å². The van der Waals surface area contributed by atoms with Gasteiger partial charge in [0.15, 0.2) is 0 Å². The summed E-state index contributed by atoms with van der Waals surface area (Å²) < 4.78 is 13.1. The number of rotatable bonds is 6. The lowest BCUT2D eigenvalue weighted by Gasteiger charge is -2.42. The van der Waals surface area contributed by atoms with Crippen molar-refractivity contribution in [3.63, 3.8) is 0 Å². The number of hydrogen-bond acceptors (Lipinski definition) is 3. The molecule has 0 bridgehead atoms. The number of carbonyl (C=O) groups excluding carboxylic acids is 1. The summed E-state index contributed by atoms with van der Waals surface area (Å²) in [6.07, 6.45) is 1.42. The van der Waals surface area contributed by atoms with Gasteiger partial charge in [0.1, 0.15) is 5.82 Å². The first-order valence-electron chi connectivity index (χ1n) is 7.12. The van der Waals surface area contributed by atoms with Gasteiger partial charge in [-0.1, -0.05) is 18.5 Å². The highest BCUT2D eigenvalue weighted by Crippen LogP contribution is 2.26. The molecule has 0 aromatic heterocycles. The highest BCUT2D eigenvalue weighted by molar-refractivity contribution is 6.31. The minimum Gasteiger partial charge on any atom is -0.480 e. The molecule has 0 unspecified atom stereocenters. The van der Waals surface area contributed by atoms with Crippen LogP contribution in [0.25, 0.3) is 0 Å². The van der Waals surface area contributed by atoms with Crippen molar-refractivity contribution in [3.05, 3.63) is 34.6 Å². The number of likely N-dealkylation sites (N-methyl/N-ethyl adjacent to an activating group) is 1. The van der Waals surface area contributed by atoms with Gasteiger partial charge in [-0.2, -0.15) is 0 Å². The zero-order valence-electron chi connectivity index (χ0n) is 12.2. The molecule has 1 aromatic carbocycles. The van der Waals surface area contributed by atoms with Crippen LogP contribution in [0.2, 0.25) is 5.02 Å². The molecule has 5 nitrogen and oxygen atoms in total. The van der Waals surface area contributed by atoms with Gasteiger partial charge in [0, 0.05) is 17.6 Å². The molecule has 2 rings (SSSR count). The second-order valence-corrected chi connectivity index (χ2v) is 5.79. The molecule has 0 atom stereocenters. The summed E-state index contributed by atoms with van der Waals surface area (Å²) in [6.45, 7) is 2.58. The van der Waals surface area contributed by atoms with Crippen molar-refractivity contribution in [1.29, 1.82) is 0 Å². The predicted molar refractivity (Wildman–Crippen MR) is 80.6 cm³/mol. The highest BCUT2D eigenvalue weighted by atomic mass is 35.5. The van der Waals surface area contributed by atoms with Gasteiger partial charge in [0.2, 0.25) is 0 Å². The molecule has 0 heterocycles. The smallest absolute Gasteiger partial charge is 0.317 e. The van der Waals surface area contributed by atoms with E-state index in [-0.39, 0.29) is 29.6 Å². The fourth-order valence-corrected chi connectivity index (χ4v) is 2.76. The normalized spacial score (nSPS) is 20.5. The average Bonchev–Trinajstić information content (AvgIpc) is 2.42. The molecule has 0 radical (unpaired) electrons. The molecule has 7 heteroatoms. The van der Waals surface area contributed by atoms with E-state index in [9.17, 15) is 14.0 Å². The summed E-state index contributed by atoms with van der Waals surface area (Å²) in [5, 5.41) is 11.6. The predicted octanol–water partition coefficient (Wildman–Crippen LogP) is 2.15. The largest absolute Gasteiger partial charge is 0.480 e. The van der Waals surface area contributed by atoms with E-state index in [0.717, 1.165) is 6.07 Å². The molecule has 0 spiro atoms. The second kappa shape index (κ2) is 7.07. The van der Waals surface area contributed by atoms with Crippen LogP contribution in [0.1, 0.15) is 30.1 Å². The minimum absolute atomic E-state index is 0.00386. The third-order valence-electron chi connectivity index (χ3n) is 3.89. The Morgan fingerprint density at radius 2 is 2.14 bits per heavy atom. The van der Waals surface area contributed by atoms with Crippen molar-refractivity contribution in [2.45, 2.75) is 31.8 Å². The number of amides is 1. The van der Waals surface area contributed by atoms with Crippen molar-refractivity contribution in [3.8, 4) is 0 Å². The number of nitrogens with zero attached hydrogens (tertiary/aromatic N) is 1. The van der Waals surface area contributed by atoms with E-state index in [2.05, 4.69) is 5.32 Å². The standard InChI is InChI=1S/C15H18ClFN2O3/c1-2-19(8-14(20)21)11-6-10(7-11)18-15(22)9-3-4-13(17)12(16)5-9/h3-5,10-11H,2,6-8H2,1H3,(H,18,22)(H,20,21). The quantitative estimate of drug-likeness (QED) is 0.839. The Morgan fingerprint density at radius 1 is 1.45 bits per heavy atom. The van der Waals surface area contributed by atoms with E-state index in [4.69, 9.17) is 16.7 Å². The molecule has 1 amide bonds. The van der Waals surface area contributed by atoms with E-state index in [1.165, 1.54) is 12.1 Å². The second-order valence-electron chi connectivity index (χ2n) is 5.38. The Hall–Kier alpha value is -1.66. The Morgan fingerprint density at radius 3 is 2.68 bits per heavy atom. The lowest BCUT2D eigenvalue weighted by atomic mass is 9.85. The van der Waals surface area contributed by atoms with Gasteiger partial charge in [0.05, 0.1) is 11.6 Å². The topological polar surface area (TPSA) is 69.6 Å². The summed E-state index contributed by atoms with van der Waals surface area (Å²) in [7, 11) is 0. The maximum Gasteiger partial charge on any atom is 0.317 e. The molecule has 0 saturated heterocycles. The number of benzene rings is 1. The molecule has 1 saturated carbocycles. The third kappa shape index (κ3) is 3.96. The van der Waals surface area contributed by atoms with E-state index < -0.39 is 11.8 Å². The lowest BCUT2D eigenvalue weighted by Crippen LogP contribution is -2.54. The van der Waals surface area contributed by atoms with E-state index in [1.54, 1.807) is 0 Å². The molecule has 120 valence electrons. The number of nitrogens with one attached hydrogen (secondary N) is 1. The van der Waals surface area contributed by atoms with Gasteiger partial charge in [-0.3, -0.25) is 14.5 Å². The number of carboxylic acid groups (broad SMARTS) is 1. The van der Waals surface area contributed by atoms with Crippen LogP contribution in [-0.4, -0.2) is 47.1 Å². The molecular formula is C15H18ClFN2O3. The van der Waals surface area contributed by atoms with Crippen LogP contribution in [0.5, 0.6) is 0 Å². The number of halogens is 2. The maximum atomic E-state index is 13.1. The van der Waals surface area contributed by atoms with Crippen LogP contribution >= 0.6 is 11.6 Å². The van der Waals surface area contributed by atoms with E-state index in [0.29, 0.717) is 24.9 Å². The van der Waals surface area contributed by atoms with Crippen molar-refractivity contribution in [2.24, 2.45) is 0 Å². The Balaban J connectivity index is 1.85. The fourth-order valence-electron chi connectivity index (χ4n) is 2.58. The number of carboxylic acids is 1. The molecule has 1 fully saturated rings. The van der Waals surface area contributed by atoms with Crippen molar-refractivity contribution in [2.75, 3.05) is 13.1 Å². The summed E-state index contributed by atoms with van der Waals surface area (Å²) >= 11 is 5.66. The van der Waals surface area contributed by atoms with Gasteiger partial charge in [-0.05, 0) is 37.6 Å². The van der Waals surface area contributed by atoms with Crippen LogP contribution in [0.3, 0.4) is 0 Å². The first-order valence-corrected chi connectivity index (χ1v) is 7.50. The van der Waals surface area contributed by atoms with Gasteiger partial charge < -0.3 is 10.4 Å². The van der Waals surface area contributed by atoms with Crippen molar-refractivity contribution >= 4 is 23.5 Å². The molecule has 1 aromatic rings. The van der Waals surface area contributed by atoms with Gasteiger partial charge >= 0.3 is 5.97 Å². The molecular weight excluding hydrogens is 311 g/mol. The van der Waals surface area contributed by atoms with Gasteiger partial charge in [0.25, 0.3) is 5.91 Å². The Kier molecular flexibility index (Phi) is 5.37. The minimum atomic E-state index is -0.852. The molecule has 0 aliphatic heterocycles. The Bertz CT molecular complexity index is 576. The highest BCUT2D eigenvalue weighted by Gasteiger charge is 2.34. The van der Waals surface area contributed by atoms with Crippen LogP contribution in [-0.2, 0) is 4.79 Å². The van der Waals surface area contributed by atoms with Crippen LogP contribution in [0, 0.1) is 5.82 Å². The zero-order chi connectivity index (χ0) is 16.3. The number of carbonyl (C=O) groups is 2. The molecule has 2 N–H and O–H groups in total. The SMILES string of the molecule is CCN(CC(=O)O)C1CC(NC(=O)c2ccc(F)c(Cl)c2)C1. The Labute approximate surface area is 133 Å². The summed E-state index contributed by atoms with van der Waals surface area (Å²) in [5.74, 6) is -1.71. The monoisotopic (exact) mass is 328 g/mol. The third-order valence-corrected chi connectivity index (χ3v) is 4.18. The summed E-state index contributed by atoms with van der Waals surface area (Å²) in [6, 6.07) is 4.01. The van der Waals surface area contributed by atoms with E-state index in [1.807, 2.05) is 11.8 Å². The molecule has 22 heavy (non-hydrogen) atoms. The molecule has 1 aliphatic carbocycles. The van der Waals surface area contributed by atoms with Crippen LogP contribution < -0.4 is 5.32 Å². The first kappa shape index (κ1) is 16.7. The summed E-state index contributed by atoms with van der Waals surface area (Å²) in [5.41, 5.74) is 0.313.